The van der Waals surface area contributed by atoms with Crippen molar-refractivity contribution in [3.05, 3.63) is 70.8 Å². The van der Waals surface area contributed by atoms with E-state index >= 15 is 0 Å². The molecular weight excluding hydrogens is 371 g/mol. The second-order valence-electron chi connectivity index (χ2n) is 7.23. The van der Waals surface area contributed by atoms with Gasteiger partial charge >= 0.3 is 0 Å². The largest absolute Gasteiger partial charge is 0.351 e. The van der Waals surface area contributed by atoms with E-state index in [-0.39, 0.29) is 11.7 Å². The molecule has 0 radical (unpaired) electrons. The third-order valence-electron chi connectivity index (χ3n) is 4.91. The zero-order valence-electron chi connectivity index (χ0n) is 16.5. The van der Waals surface area contributed by atoms with Crippen LogP contribution in [0.15, 0.2) is 47.0 Å². The van der Waals surface area contributed by atoms with Gasteiger partial charge in [-0.25, -0.2) is 4.39 Å². The van der Waals surface area contributed by atoms with Gasteiger partial charge in [0.2, 0.25) is 0 Å². The van der Waals surface area contributed by atoms with Gasteiger partial charge in [0.25, 0.3) is 11.8 Å². The number of carbonyl (C=O) groups is 1. The quantitative estimate of drug-likeness (QED) is 0.550. The maximum atomic E-state index is 13.7. The number of carbonyl (C=O) groups excluding carboxylic acids is 1. The SMILES string of the molecule is Cc1ccc2[nH]c(-c3nc(CCN(C)C(=O)c4ccc(C)c(F)c4)no3)cc2c1. The molecule has 4 aromatic rings. The summed E-state index contributed by atoms with van der Waals surface area (Å²) in [5.41, 5.74) is 3.76. The molecule has 0 aliphatic heterocycles. The minimum absolute atomic E-state index is 0.251. The van der Waals surface area contributed by atoms with Crippen molar-refractivity contribution in [2.45, 2.75) is 20.3 Å². The second kappa shape index (κ2) is 7.50. The number of hydrogen-bond donors (Lipinski definition) is 1. The van der Waals surface area contributed by atoms with Crippen LogP contribution in [0.1, 0.15) is 27.3 Å². The van der Waals surface area contributed by atoms with Gasteiger partial charge in [0.15, 0.2) is 5.82 Å². The van der Waals surface area contributed by atoms with E-state index in [9.17, 15) is 9.18 Å². The molecule has 148 valence electrons. The van der Waals surface area contributed by atoms with E-state index in [0.29, 0.717) is 35.8 Å². The monoisotopic (exact) mass is 392 g/mol. The van der Waals surface area contributed by atoms with E-state index in [0.717, 1.165) is 16.6 Å². The molecule has 0 saturated heterocycles. The molecule has 0 atom stereocenters. The number of likely N-dealkylation sites (N-methyl/N-ethyl adjacent to an activating group) is 1. The smallest absolute Gasteiger partial charge is 0.274 e. The van der Waals surface area contributed by atoms with Gasteiger partial charge in [-0.15, -0.1) is 0 Å². The van der Waals surface area contributed by atoms with Crippen molar-refractivity contribution < 1.29 is 13.7 Å². The van der Waals surface area contributed by atoms with Gasteiger partial charge < -0.3 is 14.4 Å². The third-order valence-corrected chi connectivity index (χ3v) is 4.91. The molecule has 0 aliphatic carbocycles. The standard InChI is InChI=1S/C22H21FN4O2/c1-13-4-7-18-16(10-13)12-19(24-18)21-25-20(26-29-21)8-9-27(3)22(28)15-6-5-14(2)17(23)11-15/h4-7,10-12,24H,8-9H2,1-3H3. The number of fused-ring (bicyclic) bond motifs is 1. The maximum absolute atomic E-state index is 13.7. The van der Waals surface area contributed by atoms with Gasteiger partial charge in [-0.2, -0.15) is 4.98 Å². The summed E-state index contributed by atoms with van der Waals surface area (Å²) in [5, 5.41) is 5.09. The van der Waals surface area contributed by atoms with Crippen molar-refractivity contribution in [3.8, 4) is 11.6 Å². The Hall–Kier alpha value is -3.48. The summed E-state index contributed by atoms with van der Waals surface area (Å²) in [4.78, 5) is 21.7. The molecular formula is C22H21FN4O2. The van der Waals surface area contributed by atoms with Crippen molar-refractivity contribution in [2.75, 3.05) is 13.6 Å². The lowest BCUT2D eigenvalue weighted by atomic mass is 10.1. The van der Waals surface area contributed by atoms with Gasteiger partial charge in [0.05, 0.1) is 0 Å². The molecule has 1 N–H and O–H groups in total. The Morgan fingerprint density at radius 1 is 1.17 bits per heavy atom. The van der Waals surface area contributed by atoms with Crippen LogP contribution in [0.5, 0.6) is 0 Å². The number of aryl methyl sites for hydroxylation is 2. The van der Waals surface area contributed by atoms with Crippen LogP contribution in [0.3, 0.4) is 0 Å². The van der Waals surface area contributed by atoms with Crippen LogP contribution in [0.2, 0.25) is 0 Å². The summed E-state index contributed by atoms with van der Waals surface area (Å²) in [5.74, 6) is 0.271. The average Bonchev–Trinajstić information content (AvgIpc) is 3.34. The number of H-pyrrole nitrogens is 1. The molecule has 7 heteroatoms. The van der Waals surface area contributed by atoms with Crippen LogP contribution in [0.25, 0.3) is 22.5 Å². The number of nitrogens with zero attached hydrogens (tertiary/aromatic N) is 3. The highest BCUT2D eigenvalue weighted by molar-refractivity contribution is 5.94. The fourth-order valence-corrected chi connectivity index (χ4v) is 3.15. The summed E-state index contributed by atoms with van der Waals surface area (Å²) in [6.07, 6.45) is 0.430. The third kappa shape index (κ3) is 3.89. The Kier molecular flexibility index (Phi) is 4.88. The zero-order chi connectivity index (χ0) is 20.5. The predicted molar refractivity (Wildman–Crippen MR) is 108 cm³/mol. The number of halogens is 1. The molecule has 2 aromatic heterocycles. The fourth-order valence-electron chi connectivity index (χ4n) is 3.15. The van der Waals surface area contributed by atoms with Gasteiger partial charge in [-0.3, -0.25) is 4.79 Å². The minimum atomic E-state index is -0.388. The van der Waals surface area contributed by atoms with Crippen molar-refractivity contribution in [1.82, 2.24) is 20.0 Å². The molecule has 0 aliphatic rings. The van der Waals surface area contributed by atoms with Gasteiger partial charge in [-0.1, -0.05) is 22.9 Å². The molecule has 29 heavy (non-hydrogen) atoms. The summed E-state index contributed by atoms with van der Waals surface area (Å²) >= 11 is 0. The first kappa shape index (κ1) is 18.9. The first-order valence-corrected chi connectivity index (χ1v) is 9.34. The highest BCUT2D eigenvalue weighted by atomic mass is 19.1. The van der Waals surface area contributed by atoms with E-state index in [4.69, 9.17) is 4.52 Å². The Labute approximate surface area is 167 Å². The number of aromatic amines is 1. The summed E-state index contributed by atoms with van der Waals surface area (Å²) < 4.78 is 19.1. The molecule has 4 rings (SSSR count). The number of nitrogens with one attached hydrogen (secondary N) is 1. The summed E-state index contributed by atoms with van der Waals surface area (Å²) in [6, 6.07) is 12.6. The van der Waals surface area contributed by atoms with Crippen LogP contribution in [-0.4, -0.2) is 39.5 Å². The van der Waals surface area contributed by atoms with Gasteiger partial charge in [-0.05, 0) is 49.7 Å². The summed E-state index contributed by atoms with van der Waals surface area (Å²) in [6.45, 7) is 4.09. The van der Waals surface area contributed by atoms with E-state index in [1.807, 2.05) is 25.1 Å². The van der Waals surface area contributed by atoms with Crippen LogP contribution >= 0.6 is 0 Å². The number of aromatic nitrogens is 3. The van der Waals surface area contributed by atoms with Crippen molar-refractivity contribution in [1.29, 1.82) is 0 Å². The van der Waals surface area contributed by atoms with Crippen LogP contribution in [0, 0.1) is 19.7 Å². The lowest BCUT2D eigenvalue weighted by Gasteiger charge is -2.16. The lowest BCUT2D eigenvalue weighted by molar-refractivity contribution is 0.0795. The highest BCUT2D eigenvalue weighted by Crippen LogP contribution is 2.23. The lowest BCUT2D eigenvalue weighted by Crippen LogP contribution is -2.29. The predicted octanol–water partition coefficient (Wildman–Crippen LogP) is 4.29. The van der Waals surface area contributed by atoms with Crippen LogP contribution < -0.4 is 0 Å². The maximum Gasteiger partial charge on any atom is 0.274 e. The number of amides is 1. The van der Waals surface area contributed by atoms with Gasteiger partial charge in [0, 0.05) is 36.5 Å². The number of benzene rings is 2. The average molecular weight is 392 g/mol. The van der Waals surface area contributed by atoms with E-state index < -0.39 is 0 Å². The topological polar surface area (TPSA) is 75.0 Å². The highest BCUT2D eigenvalue weighted by Gasteiger charge is 2.16. The van der Waals surface area contributed by atoms with Crippen LogP contribution in [-0.2, 0) is 6.42 Å². The Morgan fingerprint density at radius 2 is 2.00 bits per heavy atom. The first-order chi connectivity index (χ1) is 13.9. The summed E-state index contributed by atoms with van der Waals surface area (Å²) in [7, 11) is 1.67. The fraction of sp³-hybridized carbons (Fsp3) is 0.227. The molecule has 6 nitrogen and oxygen atoms in total. The Balaban J connectivity index is 1.43. The normalized spacial score (nSPS) is 11.2. The zero-order valence-corrected chi connectivity index (χ0v) is 16.5. The molecule has 0 bridgehead atoms. The molecule has 0 spiro atoms. The molecule has 0 unspecified atom stereocenters. The second-order valence-corrected chi connectivity index (χ2v) is 7.23. The molecule has 0 saturated carbocycles. The Morgan fingerprint density at radius 3 is 2.79 bits per heavy atom. The number of rotatable bonds is 5. The molecule has 2 heterocycles. The molecule has 0 fully saturated rings. The van der Waals surface area contributed by atoms with Crippen molar-refractivity contribution in [3.63, 3.8) is 0 Å². The van der Waals surface area contributed by atoms with E-state index in [1.165, 1.54) is 16.5 Å². The van der Waals surface area contributed by atoms with Crippen molar-refractivity contribution >= 4 is 16.8 Å². The van der Waals surface area contributed by atoms with E-state index in [2.05, 4.69) is 21.2 Å². The minimum Gasteiger partial charge on any atom is -0.351 e. The van der Waals surface area contributed by atoms with E-state index in [1.54, 1.807) is 26.1 Å². The Bertz CT molecular complexity index is 1190. The van der Waals surface area contributed by atoms with Crippen LogP contribution in [0.4, 0.5) is 4.39 Å². The first-order valence-electron chi connectivity index (χ1n) is 9.34. The molecule has 1 amide bonds. The molecule has 2 aromatic carbocycles. The number of hydrogen-bond acceptors (Lipinski definition) is 4. The van der Waals surface area contributed by atoms with Gasteiger partial charge in [0.1, 0.15) is 11.5 Å². The van der Waals surface area contributed by atoms with Crippen molar-refractivity contribution in [2.24, 2.45) is 0 Å².